The van der Waals surface area contributed by atoms with E-state index in [4.69, 9.17) is 9.57 Å². The first-order chi connectivity index (χ1) is 24.1. The van der Waals surface area contributed by atoms with Crippen LogP contribution < -0.4 is 15.4 Å². The van der Waals surface area contributed by atoms with Gasteiger partial charge in [-0.2, -0.15) is 0 Å². The van der Waals surface area contributed by atoms with Gasteiger partial charge in [-0.15, -0.1) is 0 Å². The van der Waals surface area contributed by atoms with Crippen molar-refractivity contribution >= 4 is 39.5 Å². The van der Waals surface area contributed by atoms with E-state index >= 15 is 0 Å². The van der Waals surface area contributed by atoms with Gasteiger partial charge in [-0.25, -0.2) is 13.2 Å². The number of amides is 4. The van der Waals surface area contributed by atoms with Crippen LogP contribution in [0.1, 0.15) is 102 Å². The number of nitrogens with zero attached hydrogens (tertiary/aromatic N) is 2. The maximum atomic E-state index is 14.3. The minimum atomic E-state index is -3.86. The summed E-state index contributed by atoms with van der Waals surface area (Å²) in [5, 5.41) is 9.53. The average molecular weight is 712 g/mol. The molecule has 0 spiro atoms. The third-order valence-corrected chi connectivity index (χ3v) is 12.2. The first-order valence-corrected chi connectivity index (χ1v) is 19.7. The molecule has 1 saturated heterocycles. The largest absolute Gasteiger partial charge is 0.446 e. The Hall–Kier alpha value is -3.94. The van der Waals surface area contributed by atoms with Crippen molar-refractivity contribution in [1.29, 1.82) is 0 Å². The van der Waals surface area contributed by atoms with Crippen LogP contribution in [0.5, 0.6) is 0 Å². The molecular weight excluding hydrogens is 662 g/mol. The highest BCUT2D eigenvalue weighted by Crippen LogP contribution is 2.46. The van der Waals surface area contributed by atoms with Crippen molar-refractivity contribution in [2.24, 2.45) is 11.1 Å². The van der Waals surface area contributed by atoms with Gasteiger partial charge < -0.3 is 25.1 Å². The van der Waals surface area contributed by atoms with E-state index in [1.807, 2.05) is 49.4 Å². The molecule has 0 unspecified atom stereocenters. The van der Waals surface area contributed by atoms with Crippen LogP contribution in [0.3, 0.4) is 0 Å². The van der Waals surface area contributed by atoms with Crippen LogP contribution in [-0.4, -0.2) is 84.5 Å². The molecule has 14 heteroatoms. The van der Waals surface area contributed by atoms with Crippen LogP contribution in [0.15, 0.2) is 47.6 Å². The van der Waals surface area contributed by atoms with E-state index in [-0.39, 0.29) is 25.5 Å². The number of carbonyl (C=O) groups excluding carboxylic acids is 4. The molecule has 50 heavy (non-hydrogen) atoms. The molecule has 6 rings (SSSR count). The second kappa shape index (κ2) is 15.5. The fourth-order valence-corrected chi connectivity index (χ4v) is 8.27. The normalized spacial score (nSPS) is 29.9. The zero-order valence-electron chi connectivity index (χ0n) is 28.7. The number of nitrogens with one attached hydrogen (secondary N) is 3. The number of oxime groups is 1. The van der Waals surface area contributed by atoms with Gasteiger partial charge in [-0.05, 0) is 69.8 Å². The Morgan fingerprint density at radius 2 is 1.80 bits per heavy atom. The third-order valence-electron chi connectivity index (χ3n) is 10.4. The van der Waals surface area contributed by atoms with Gasteiger partial charge in [0, 0.05) is 12.3 Å². The van der Waals surface area contributed by atoms with Crippen LogP contribution in [-0.2, 0) is 34.0 Å². The number of sulfonamides is 1. The minimum Gasteiger partial charge on any atom is -0.446 e. The molecule has 3 aliphatic carbocycles. The van der Waals surface area contributed by atoms with Gasteiger partial charge in [-0.3, -0.25) is 19.1 Å². The smallest absolute Gasteiger partial charge is 0.408 e. The van der Waals surface area contributed by atoms with Crippen LogP contribution >= 0.6 is 0 Å². The van der Waals surface area contributed by atoms with Gasteiger partial charge in [0.2, 0.25) is 21.8 Å². The van der Waals surface area contributed by atoms with Crippen molar-refractivity contribution in [3.63, 3.8) is 0 Å². The summed E-state index contributed by atoms with van der Waals surface area (Å²) in [6.07, 6.45) is 11.1. The highest BCUT2D eigenvalue weighted by molar-refractivity contribution is 7.91. The lowest BCUT2D eigenvalue weighted by Gasteiger charge is -2.30. The van der Waals surface area contributed by atoms with E-state index in [9.17, 15) is 27.6 Å². The molecule has 0 bridgehead atoms. The van der Waals surface area contributed by atoms with Gasteiger partial charge in [0.25, 0.3) is 5.91 Å². The number of hydrogen-bond donors (Lipinski definition) is 3. The van der Waals surface area contributed by atoms with Crippen LogP contribution in [0.25, 0.3) is 0 Å². The molecule has 0 aromatic heterocycles. The van der Waals surface area contributed by atoms with Crippen molar-refractivity contribution < 1.29 is 37.2 Å². The van der Waals surface area contributed by atoms with Crippen molar-refractivity contribution in [2.75, 3.05) is 6.54 Å². The number of benzene rings is 1. The van der Waals surface area contributed by atoms with E-state index in [2.05, 4.69) is 20.5 Å². The summed E-state index contributed by atoms with van der Waals surface area (Å²) in [5.41, 5.74) is 0.187. The number of ether oxygens (including phenoxy) is 1. The summed E-state index contributed by atoms with van der Waals surface area (Å²) < 4.78 is 33.3. The molecular formula is C36H49N5O8S. The lowest BCUT2D eigenvalue weighted by Crippen LogP contribution is -2.58. The zero-order chi connectivity index (χ0) is 35.3. The number of rotatable bonds is 10. The van der Waals surface area contributed by atoms with Crippen molar-refractivity contribution in [3.8, 4) is 0 Å². The lowest BCUT2D eigenvalue weighted by molar-refractivity contribution is -0.141. The summed E-state index contributed by atoms with van der Waals surface area (Å²) in [5.74, 6) is -2.20. The standard InChI is InChI=1S/C36H49N5O8S/c1-2-12-29(24-13-7-6-8-14-24)39-49-27-21-31-32(42)38-36(34(44)40-50(46,47)28-19-20-28)22-25(36)15-9-4-3-5-10-18-30(33(43)41(31)23-27)37-35(45)48-26-16-11-17-26/h6-9,13-15,25-28,30-31H,2-5,10-12,16-23H2,1H3,(H,37,45)(H,38,42)(H,40,44)/b15-9-,39-29+/t25-,27-,30+,31+,36+/m1/s1. The first kappa shape index (κ1) is 35.9. The predicted molar refractivity (Wildman–Crippen MR) is 185 cm³/mol. The monoisotopic (exact) mass is 711 g/mol. The summed E-state index contributed by atoms with van der Waals surface area (Å²) in [6.45, 7) is 2.07. The van der Waals surface area contributed by atoms with E-state index in [1.54, 1.807) is 0 Å². The molecule has 272 valence electrons. The predicted octanol–water partition coefficient (Wildman–Crippen LogP) is 3.83. The lowest BCUT2D eigenvalue weighted by atomic mass is 9.96. The fraction of sp³-hybridized carbons (Fsp3) is 0.639. The maximum absolute atomic E-state index is 14.3. The molecule has 2 heterocycles. The number of hydrogen-bond acceptors (Lipinski definition) is 9. The minimum absolute atomic E-state index is 0.0308. The van der Waals surface area contributed by atoms with E-state index in [0.29, 0.717) is 32.1 Å². The Balaban J connectivity index is 1.26. The SMILES string of the molecule is CCC/C(=N\O[C@@H]1C[C@H]2C(=O)N[C@@]3(C(=O)NS(=O)(=O)C4CC4)C[C@H]3/C=C\CCCCC[C@H](NC(=O)OC3CCC3)C(=O)N2C1)c1ccccc1. The molecule has 5 atom stereocenters. The van der Waals surface area contributed by atoms with Gasteiger partial charge in [-0.1, -0.05) is 73.8 Å². The highest BCUT2D eigenvalue weighted by Gasteiger charge is 2.62. The van der Waals surface area contributed by atoms with Crippen LogP contribution in [0.4, 0.5) is 4.79 Å². The van der Waals surface area contributed by atoms with Crippen molar-refractivity contribution in [2.45, 2.75) is 132 Å². The maximum Gasteiger partial charge on any atom is 0.408 e. The fourth-order valence-electron chi connectivity index (χ4n) is 6.90. The quantitative estimate of drug-likeness (QED) is 0.187. The van der Waals surface area contributed by atoms with E-state index in [0.717, 1.165) is 56.2 Å². The Labute approximate surface area is 294 Å². The second-order valence-corrected chi connectivity index (χ2v) is 16.3. The Bertz CT molecular complexity index is 1590. The van der Waals surface area contributed by atoms with Gasteiger partial charge >= 0.3 is 6.09 Å². The van der Waals surface area contributed by atoms with Crippen LogP contribution in [0, 0.1) is 5.92 Å². The van der Waals surface area contributed by atoms with Crippen molar-refractivity contribution in [1.82, 2.24) is 20.3 Å². The molecule has 2 aliphatic heterocycles. The summed E-state index contributed by atoms with van der Waals surface area (Å²) in [4.78, 5) is 62.5. The number of alkyl carbamates (subject to hydrolysis) is 1. The van der Waals surface area contributed by atoms with Gasteiger partial charge in [0.1, 0.15) is 29.8 Å². The van der Waals surface area contributed by atoms with Crippen molar-refractivity contribution in [3.05, 3.63) is 48.0 Å². The molecule has 3 N–H and O–H groups in total. The number of allylic oxidation sites excluding steroid dienone is 1. The molecule has 3 saturated carbocycles. The van der Waals surface area contributed by atoms with Gasteiger partial charge in [0.05, 0.1) is 17.5 Å². The number of carbonyl (C=O) groups is 4. The Morgan fingerprint density at radius 1 is 1.02 bits per heavy atom. The summed E-state index contributed by atoms with van der Waals surface area (Å²) >= 11 is 0. The molecule has 13 nitrogen and oxygen atoms in total. The first-order valence-electron chi connectivity index (χ1n) is 18.2. The second-order valence-electron chi connectivity index (χ2n) is 14.3. The zero-order valence-corrected chi connectivity index (χ0v) is 29.5. The van der Waals surface area contributed by atoms with E-state index < -0.39 is 68.7 Å². The van der Waals surface area contributed by atoms with E-state index in [1.165, 1.54) is 4.90 Å². The molecule has 1 aromatic rings. The summed E-state index contributed by atoms with van der Waals surface area (Å²) in [7, 11) is -3.86. The summed E-state index contributed by atoms with van der Waals surface area (Å²) in [6, 6.07) is 7.65. The Morgan fingerprint density at radius 3 is 2.50 bits per heavy atom. The molecule has 4 amide bonds. The molecule has 4 fully saturated rings. The average Bonchev–Trinajstić information content (AvgIpc) is 4.00. The third kappa shape index (κ3) is 8.50. The topological polar surface area (TPSA) is 173 Å². The van der Waals surface area contributed by atoms with Crippen LogP contribution in [0.2, 0.25) is 0 Å². The molecule has 1 aromatic carbocycles. The van der Waals surface area contributed by atoms with Gasteiger partial charge in [0.15, 0.2) is 0 Å². The highest BCUT2D eigenvalue weighted by atomic mass is 32.2. The molecule has 0 radical (unpaired) electrons. The Kier molecular flexibility index (Phi) is 11.1. The number of fused-ring (bicyclic) bond motifs is 2. The molecule has 5 aliphatic rings.